The van der Waals surface area contributed by atoms with Crippen LogP contribution in [0.5, 0.6) is 5.75 Å². The molecule has 0 unspecified atom stereocenters. The molecule has 4 nitrogen and oxygen atoms in total. The summed E-state index contributed by atoms with van der Waals surface area (Å²) in [6.07, 6.45) is 4.47. The molecule has 126 valence electrons. The van der Waals surface area contributed by atoms with E-state index in [0.29, 0.717) is 10.9 Å². The number of Topliss-reactive ketones (excluding diaryl/α,β-unsaturated/α-hetero) is 1. The van der Waals surface area contributed by atoms with Gasteiger partial charge in [0, 0.05) is 11.1 Å². The van der Waals surface area contributed by atoms with Gasteiger partial charge in [-0.3, -0.25) is 9.59 Å². The zero-order chi connectivity index (χ0) is 17.0. The van der Waals surface area contributed by atoms with Gasteiger partial charge in [-0.1, -0.05) is 43.0 Å². The van der Waals surface area contributed by atoms with Gasteiger partial charge >= 0.3 is 0 Å². The fourth-order valence-corrected chi connectivity index (χ4v) is 3.43. The number of benzene rings is 1. The highest BCUT2D eigenvalue weighted by molar-refractivity contribution is 6.36. The Balaban J connectivity index is 2.00. The fourth-order valence-electron chi connectivity index (χ4n) is 2.89. The van der Waals surface area contributed by atoms with Crippen molar-refractivity contribution in [2.75, 3.05) is 6.61 Å². The predicted molar refractivity (Wildman–Crippen MR) is 91.5 cm³/mol. The summed E-state index contributed by atoms with van der Waals surface area (Å²) < 4.78 is 5.50. The Bertz CT molecular complexity index is 604. The van der Waals surface area contributed by atoms with E-state index < -0.39 is 0 Å². The standard InChI is InChI=1S/C17H21Cl2NO3/c1-10-5-3-4-6-15(10)20-16(22)9-23-17-13(11(2)21)7-12(18)8-14(17)19/h7-8,10,15H,3-6,9H2,1-2H3,(H,20,22)/t10-,15-/m1/s1. The SMILES string of the molecule is CC(=O)c1cc(Cl)cc(Cl)c1OCC(=O)N[C@@H]1CCCC[C@H]1C. The van der Waals surface area contributed by atoms with Crippen LogP contribution in [0.2, 0.25) is 10.0 Å². The molecule has 1 aliphatic carbocycles. The number of hydrogen-bond donors (Lipinski definition) is 1. The van der Waals surface area contributed by atoms with Crippen molar-refractivity contribution in [3.8, 4) is 5.75 Å². The Kier molecular flexibility index (Phi) is 6.31. The van der Waals surface area contributed by atoms with E-state index in [4.69, 9.17) is 27.9 Å². The van der Waals surface area contributed by atoms with Gasteiger partial charge in [-0.15, -0.1) is 0 Å². The molecule has 0 aromatic heterocycles. The zero-order valence-electron chi connectivity index (χ0n) is 13.3. The molecule has 6 heteroatoms. The topological polar surface area (TPSA) is 55.4 Å². The van der Waals surface area contributed by atoms with Crippen LogP contribution in [0.15, 0.2) is 12.1 Å². The molecule has 2 atom stereocenters. The lowest BCUT2D eigenvalue weighted by molar-refractivity contribution is -0.124. The first-order valence-corrected chi connectivity index (χ1v) is 8.56. The monoisotopic (exact) mass is 357 g/mol. The van der Waals surface area contributed by atoms with Crippen molar-refractivity contribution >= 4 is 34.9 Å². The number of ketones is 1. The Morgan fingerprint density at radius 1 is 1.26 bits per heavy atom. The van der Waals surface area contributed by atoms with Gasteiger partial charge in [-0.05, 0) is 37.8 Å². The normalized spacial score (nSPS) is 20.9. The van der Waals surface area contributed by atoms with E-state index in [2.05, 4.69) is 12.2 Å². The van der Waals surface area contributed by atoms with Crippen molar-refractivity contribution in [3.05, 3.63) is 27.7 Å². The minimum absolute atomic E-state index is 0.176. The van der Waals surface area contributed by atoms with E-state index in [1.807, 2.05) is 0 Å². The number of halogens is 2. The molecular formula is C17H21Cl2NO3. The molecule has 1 N–H and O–H groups in total. The number of rotatable bonds is 5. The molecular weight excluding hydrogens is 337 g/mol. The highest BCUT2D eigenvalue weighted by atomic mass is 35.5. The molecule has 0 spiro atoms. The number of amides is 1. The second-order valence-electron chi connectivity index (χ2n) is 6.04. The summed E-state index contributed by atoms with van der Waals surface area (Å²) in [5, 5.41) is 3.58. The lowest BCUT2D eigenvalue weighted by Crippen LogP contribution is -2.43. The third-order valence-corrected chi connectivity index (χ3v) is 4.69. The summed E-state index contributed by atoms with van der Waals surface area (Å²) in [4.78, 5) is 23.8. The van der Waals surface area contributed by atoms with Gasteiger partial charge < -0.3 is 10.1 Å². The van der Waals surface area contributed by atoms with Crippen LogP contribution in [0, 0.1) is 5.92 Å². The third kappa shape index (κ3) is 4.85. The second-order valence-corrected chi connectivity index (χ2v) is 6.89. The van der Waals surface area contributed by atoms with Gasteiger partial charge in [0.2, 0.25) is 0 Å². The van der Waals surface area contributed by atoms with Gasteiger partial charge in [-0.25, -0.2) is 0 Å². The van der Waals surface area contributed by atoms with Crippen molar-refractivity contribution < 1.29 is 14.3 Å². The summed E-state index contributed by atoms with van der Waals surface area (Å²) in [6.45, 7) is 3.37. The highest BCUT2D eigenvalue weighted by Gasteiger charge is 2.23. The lowest BCUT2D eigenvalue weighted by atomic mass is 9.86. The van der Waals surface area contributed by atoms with E-state index in [0.717, 1.165) is 19.3 Å². The summed E-state index contributed by atoms with van der Waals surface area (Å²) in [7, 11) is 0. The summed E-state index contributed by atoms with van der Waals surface area (Å²) in [5.41, 5.74) is 0.279. The van der Waals surface area contributed by atoms with Gasteiger partial charge in [0.1, 0.15) is 5.75 Å². The van der Waals surface area contributed by atoms with E-state index >= 15 is 0 Å². The number of carbonyl (C=O) groups excluding carboxylic acids is 2. The molecule has 0 radical (unpaired) electrons. The van der Waals surface area contributed by atoms with Crippen molar-refractivity contribution in [2.24, 2.45) is 5.92 Å². The Hall–Kier alpha value is -1.26. The molecule has 0 bridgehead atoms. The fraction of sp³-hybridized carbons (Fsp3) is 0.529. The minimum atomic E-state index is -0.217. The Morgan fingerprint density at radius 3 is 2.61 bits per heavy atom. The number of hydrogen-bond acceptors (Lipinski definition) is 3. The maximum Gasteiger partial charge on any atom is 0.258 e. The first kappa shape index (κ1) is 18.1. The molecule has 0 heterocycles. The summed E-state index contributed by atoms with van der Waals surface area (Å²) >= 11 is 12.0. The Morgan fingerprint density at radius 2 is 1.96 bits per heavy atom. The third-order valence-electron chi connectivity index (χ3n) is 4.19. The van der Waals surface area contributed by atoms with Crippen LogP contribution >= 0.6 is 23.2 Å². The highest BCUT2D eigenvalue weighted by Crippen LogP contribution is 2.32. The summed E-state index contributed by atoms with van der Waals surface area (Å²) in [6, 6.07) is 3.17. The van der Waals surface area contributed by atoms with E-state index in [-0.39, 0.29) is 40.7 Å². The number of ether oxygens (including phenoxy) is 1. The number of carbonyl (C=O) groups is 2. The van der Waals surface area contributed by atoms with Crippen LogP contribution < -0.4 is 10.1 Å². The van der Waals surface area contributed by atoms with Gasteiger partial charge in [0.05, 0.1) is 10.6 Å². The molecule has 1 fully saturated rings. The van der Waals surface area contributed by atoms with Gasteiger partial charge in [0.15, 0.2) is 12.4 Å². The van der Waals surface area contributed by atoms with Gasteiger partial charge in [0.25, 0.3) is 5.91 Å². The number of nitrogens with one attached hydrogen (secondary N) is 1. The van der Waals surface area contributed by atoms with E-state index in [1.54, 1.807) is 0 Å². The summed E-state index contributed by atoms with van der Waals surface area (Å²) in [5.74, 6) is 0.255. The molecule has 0 aliphatic heterocycles. The second kappa shape index (κ2) is 8.02. The first-order chi connectivity index (χ1) is 10.9. The van der Waals surface area contributed by atoms with Crippen molar-refractivity contribution in [3.63, 3.8) is 0 Å². The van der Waals surface area contributed by atoms with Crippen LogP contribution in [0.1, 0.15) is 49.9 Å². The minimum Gasteiger partial charge on any atom is -0.481 e. The lowest BCUT2D eigenvalue weighted by Gasteiger charge is -2.29. The molecule has 2 rings (SSSR count). The van der Waals surface area contributed by atoms with Crippen molar-refractivity contribution in [2.45, 2.75) is 45.6 Å². The largest absolute Gasteiger partial charge is 0.481 e. The van der Waals surface area contributed by atoms with Crippen LogP contribution in [-0.2, 0) is 4.79 Å². The molecule has 1 aliphatic rings. The maximum absolute atomic E-state index is 12.1. The average molecular weight is 358 g/mol. The van der Waals surface area contributed by atoms with Crippen molar-refractivity contribution in [1.82, 2.24) is 5.32 Å². The molecule has 1 aromatic rings. The molecule has 23 heavy (non-hydrogen) atoms. The van der Waals surface area contributed by atoms with Gasteiger partial charge in [-0.2, -0.15) is 0 Å². The van der Waals surface area contributed by atoms with E-state index in [9.17, 15) is 9.59 Å². The zero-order valence-corrected chi connectivity index (χ0v) is 14.8. The molecule has 1 amide bonds. The molecule has 0 saturated heterocycles. The van der Waals surface area contributed by atoms with Crippen LogP contribution in [0.3, 0.4) is 0 Å². The molecule has 1 saturated carbocycles. The van der Waals surface area contributed by atoms with E-state index in [1.165, 1.54) is 25.5 Å². The maximum atomic E-state index is 12.1. The molecule has 1 aromatic carbocycles. The predicted octanol–water partition coefficient (Wildman–Crippen LogP) is 4.27. The average Bonchev–Trinajstić information content (AvgIpc) is 2.48. The van der Waals surface area contributed by atoms with Crippen LogP contribution in [0.4, 0.5) is 0 Å². The van der Waals surface area contributed by atoms with Crippen LogP contribution in [-0.4, -0.2) is 24.3 Å². The first-order valence-electron chi connectivity index (χ1n) is 7.80. The van der Waals surface area contributed by atoms with Crippen LogP contribution in [0.25, 0.3) is 0 Å². The smallest absolute Gasteiger partial charge is 0.258 e. The quantitative estimate of drug-likeness (QED) is 0.800. The van der Waals surface area contributed by atoms with Crippen molar-refractivity contribution in [1.29, 1.82) is 0 Å². The Labute approximate surface area is 146 Å².